The van der Waals surface area contributed by atoms with Gasteiger partial charge in [-0.2, -0.15) is 5.10 Å². The first-order valence-corrected chi connectivity index (χ1v) is 10.9. The van der Waals surface area contributed by atoms with Crippen LogP contribution in [0.1, 0.15) is 27.2 Å². The van der Waals surface area contributed by atoms with Gasteiger partial charge in [-0.3, -0.25) is 4.79 Å². The minimum atomic E-state index is -0.311. The van der Waals surface area contributed by atoms with Crippen LogP contribution in [0.4, 0.5) is 11.4 Å². The molecule has 0 aliphatic carbocycles. The SMILES string of the molecule is Cc1ccc(Cn2nc(C)c(C(=O)Nc3cccc(Cl)c3N3CCOCC3)c2Cl)cc1. The van der Waals surface area contributed by atoms with Crippen LogP contribution in [0.3, 0.4) is 0 Å². The first-order chi connectivity index (χ1) is 14.9. The smallest absolute Gasteiger partial charge is 0.260 e. The number of aryl methyl sites for hydroxylation is 2. The highest BCUT2D eigenvalue weighted by Gasteiger charge is 2.24. The fourth-order valence-electron chi connectivity index (χ4n) is 3.69. The van der Waals surface area contributed by atoms with E-state index in [1.54, 1.807) is 11.6 Å². The third-order valence-corrected chi connectivity index (χ3v) is 6.00. The Morgan fingerprint density at radius 2 is 1.81 bits per heavy atom. The fraction of sp³-hybridized carbons (Fsp3) is 0.304. The van der Waals surface area contributed by atoms with Gasteiger partial charge in [0.1, 0.15) is 5.15 Å². The minimum absolute atomic E-state index is 0.311. The molecule has 6 nitrogen and oxygen atoms in total. The first-order valence-electron chi connectivity index (χ1n) is 10.1. The lowest BCUT2D eigenvalue weighted by atomic mass is 10.1. The van der Waals surface area contributed by atoms with E-state index in [0.717, 1.165) is 11.3 Å². The number of nitrogens with one attached hydrogen (secondary N) is 1. The summed E-state index contributed by atoms with van der Waals surface area (Å²) < 4.78 is 7.09. The summed E-state index contributed by atoms with van der Waals surface area (Å²) in [6.07, 6.45) is 0. The summed E-state index contributed by atoms with van der Waals surface area (Å²) in [6.45, 7) is 6.97. The number of ether oxygens (including phenoxy) is 1. The summed E-state index contributed by atoms with van der Waals surface area (Å²) in [6, 6.07) is 13.6. The number of aromatic nitrogens is 2. The molecule has 1 fully saturated rings. The van der Waals surface area contributed by atoms with Crippen LogP contribution in [0.15, 0.2) is 42.5 Å². The van der Waals surface area contributed by atoms with Gasteiger partial charge in [0.15, 0.2) is 0 Å². The van der Waals surface area contributed by atoms with Crippen molar-refractivity contribution in [2.75, 3.05) is 36.5 Å². The fourth-order valence-corrected chi connectivity index (χ4v) is 4.31. The highest BCUT2D eigenvalue weighted by atomic mass is 35.5. The van der Waals surface area contributed by atoms with Gasteiger partial charge < -0.3 is 15.0 Å². The highest BCUT2D eigenvalue weighted by Crippen LogP contribution is 2.35. The van der Waals surface area contributed by atoms with E-state index in [1.165, 1.54) is 5.56 Å². The van der Waals surface area contributed by atoms with Gasteiger partial charge in [-0.05, 0) is 31.5 Å². The molecule has 0 atom stereocenters. The number of rotatable bonds is 5. The Labute approximate surface area is 191 Å². The van der Waals surface area contributed by atoms with E-state index >= 15 is 0 Å². The molecule has 8 heteroatoms. The monoisotopic (exact) mass is 458 g/mol. The molecule has 1 N–H and O–H groups in total. The summed E-state index contributed by atoms with van der Waals surface area (Å²) in [4.78, 5) is 15.3. The third kappa shape index (κ3) is 4.71. The maximum Gasteiger partial charge on any atom is 0.260 e. The van der Waals surface area contributed by atoms with Gasteiger partial charge in [-0.15, -0.1) is 0 Å². The molecule has 2 aromatic carbocycles. The molecule has 1 aliphatic heterocycles. The Morgan fingerprint density at radius 1 is 1.10 bits per heavy atom. The maximum atomic E-state index is 13.2. The van der Waals surface area contributed by atoms with E-state index in [4.69, 9.17) is 27.9 Å². The number of benzene rings is 2. The van der Waals surface area contributed by atoms with Crippen molar-refractivity contribution in [3.05, 3.63) is 75.0 Å². The molecule has 0 saturated carbocycles. The van der Waals surface area contributed by atoms with Crippen LogP contribution in [-0.2, 0) is 11.3 Å². The Bertz CT molecular complexity index is 1090. The normalized spacial score (nSPS) is 14.0. The van der Waals surface area contributed by atoms with E-state index in [-0.39, 0.29) is 5.91 Å². The molecule has 1 aromatic heterocycles. The lowest BCUT2D eigenvalue weighted by Gasteiger charge is -2.31. The Balaban J connectivity index is 1.59. The number of carbonyl (C=O) groups excluding carboxylic acids is 1. The second-order valence-corrected chi connectivity index (χ2v) is 8.35. The summed E-state index contributed by atoms with van der Waals surface area (Å²) >= 11 is 13.1. The van der Waals surface area contributed by atoms with Crippen molar-refractivity contribution in [3.8, 4) is 0 Å². The molecule has 2 heterocycles. The van der Waals surface area contributed by atoms with Gasteiger partial charge in [0.05, 0.1) is 47.4 Å². The van der Waals surface area contributed by atoms with Crippen molar-refractivity contribution in [1.82, 2.24) is 9.78 Å². The lowest BCUT2D eigenvalue weighted by Crippen LogP contribution is -2.37. The number of para-hydroxylation sites is 1. The predicted molar refractivity (Wildman–Crippen MR) is 125 cm³/mol. The van der Waals surface area contributed by atoms with Gasteiger partial charge in [0, 0.05) is 13.1 Å². The van der Waals surface area contributed by atoms with E-state index in [2.05, 4.69) is 15.3 Å². The van der Waals surface area contributed by atoms with Crippen LogP contribution >= 0.6 is 23.2 Å². The number of halogens is 2. The standard InChI is InChI=1S/C23H24Cl2N4O2/c1-15-6-8-17(9-7-15)14-29-22(25)20(16(2)27-29)23(30)26-19-5-3-4-18(24)21(19)28-10-12-31-13-11-28/h3-9H,10-14H2,1-2H3,(H,26,30). The molecule has 0 bridgehead atoms. The van der Waals surface area contributed by atoms with E-state index in [9.17, 15) is 4.79 Å². The van der Waals surface area contributed by atoms with Crippen molar-refractivity contribution >= 4 is 40.5 Å². The summed E-state index contributed by atoms with van der Waals surface area (Å²) in [5.74, 6) is -0.311. The number of carbonyl (C=O) groups is 1. The molecule has 1 saturated heterocycles. The van der Waals surface area contributed by atoms with Crippen LogP contribution in [0.2, 0.25) is 10.2 Å². The van der Waals surface area contributed by atoms with Crippen molar-refractivity contribution in [2.24, 2.45) is 0 Å². The third-order valence-electron chi connectivity index (χ3n) is 5.31. The Morgan fingerprint density at radius 3 is 2.52 bits per heavy atom. The van der Waals surface area contributed by atoms with Crippen molar-refractivity contribution < 1.29 is 9.53 Å². The first kappa shape index (κ1) is 21.7. The van der Waals surface area contributed by atoms with Crippen LogP contribution < -0.4 is 10.2 Å². The minimum Gasteiger partial charge on any atom is -0.378 e. The highest BCUT2D eigenvalue weighted by molar-refractivity contribution is 6.35. The quantitative estimate of drug-likeness (QED) is 0.587. The number of amides is 1. The molecule has 31 heavy (non-hydrogen) atoms. The van der Waals surface area contributed by atoms with Crippen LogP contribution in [0.25, 0.3) is 0 Å². The van der Waals surface area contributed by atoms with Gasteiger partial charge in [0.2, 0.25) is 0 Å². The molecule has 0 spiro atoms. The second kappa shape index (κ2) is 9.30. The van der Waals surface area contributed by atoms with Crippen molar-refractivity contribution in [2.45, 2.75) is 20.4 Å². The van der Waals surface area contributed by atoms with Crippen molar-refractivity contribution in [3.63, 3.8) is 0 Å². The molecule has 3 aromatic rings. The zero-order chi connectivity index (χ0) is 22.0. The molecular formula is C23H24Cl2N4O2. The average Bonchev–Trinajstić information content (AvgIpc) is 3.03. The van der Waals surface area contributed by atoms with Gasteiger partial charge >= 0.3 is 0 Å². The molecule has 1 amide bonds. The zero-order valence-electron chi connectivity index (χ0n) is 17.5. The number of nitrogens with zero attached hydrogens (tertiary/aromatic N) is 3. The average molecular weight is 459 g/mol. The van der Waals surface area contributed by atoms with Crippen molar-refractivity contribution in [1.29, 1.82) is 0 Å². The Kier molecular flexibility index (Phi) is 6.51. The molecular weight excluding hydrogens is 435 g/mol. The largest absolute Gasteiger partial charge is 0.378 e. The van der Waals surface area contributed by atoms with E-state index in [1.807, 2.05) is 49.4 Å². The number of hydrogen-bond donors (Lipinski definition) is 1. The van der Waals surface area contributed by atoms with Crippen LogP contribution in [-0.4, -0.2) is 42.0 Å². The summed E-state index contributed by atoms with van der Waals surface area (Å²) in [5, 5.41) is 8.37. The molecule has 1 aliphatic rings. The second-order valence-electron chi connectivity index (χ2n) is 7.58. The lowest BCUT2D eigenvalue weighted by molar-refractivity contribution is 0.102. The number of hydrogen-bond acceptors (Lipinski definition) is 4. The molecule has 4 rings (SSSR count). The zero-order valence-corrected chi connectivity index (χ0v) is 19.0. The molecule has 0 unspecified atom stereocenters. The maximum absolute atomic E-state index is 13.2. The van der Waals surface area contributed by atoms with E-state index < -0.39 is 0 Å². The Hall–Kier alpha value is -2.54. The van der Waals surface area contributed by atoms with Gasteiger partial charge in [-0.1, -0.05) is 59.1 Å². The number of anilines is 2. The van der Waals surface area contributed by atoms with Gasteiger partial charge in [0.25, 0.3) is 5.91 Å². The topological polar surface area (TPSA) is 59.4 Å². The number of morpholine rings is 1. The van der Waals surface area contributed by atoms with Crippen LogP contribution in [0.5, 0.6) is 0 Å². The summed E-state index contributed by atoms with van der Waals surface area (Å²) in [7, 11) is 0. The van der Waals surface area contributed by atoms with E-state index in [0.29, 0.717) is 60.0 Å². The summed E-state index contributed by atoms with van der Waals surface area (Å²) in [5.41, 5.74) is 4.62. The molecule has 162 valence electrons. The molecule has 0 radical (unpaired) electrons. The predicted octanol–water partition coefficient (Wildman–Crippen LogP) is 4.94. The van der Waals surface area contributed by atoms with Crippen LogP contribution in [0, 0.1) is 13.8 Å². The van der Waals surface area contributed by atoms with Gasteiger partial charge in [-0.25, -0.2) is 4.68 Å².